The molecule has 0 radical (unpaired) electrons. The second-order valence-corrected chi connectivity index (χ2v) is 15.1. The van der Waals surface area contributed by atoms with Gasteiger partial charge in [0, 0.05) is 19.8 Å². The van der Waals surface area contributed by atoms with Crippen molar-refractivity contribution in [3.63, 3.8) is 0 Å². The van der Waals surface area contributed by atoms with Crippen LogP contribution in [0.25, 0.3) is 0 Å². The molecular weight excluding hydrogens is 636 g/mol. The number of ether oxygens (including phenoxy) is 7. The van der Waals surface area contributed by atoms with Gasteiger partial charge in [-0.05, 0) is 77.2 Å². The molecule has 9 heteroatoms. The van der Waals surface area contributed by atoms with Crippen LogP contribution >= 0.6 is 0 Å². The molecule has 2 fully saturated rings. The minimum Gasteiger partial charge on any atom is -0.455 e. The van der Waals surface area contributed by atoms with E-state index in [2.05, 4.69) is 6.92 Å². The molecule has 8 atom stereocenters. The largest absolute Gasteiger partial charge is 0.455 e. The molecule has 0 aliphatic carbocycles. The summed E-state index contributed by atoms with van der Waals surface area (Å²) in [6.45, 7) is 4.74. The normalized spacial score (nSPS) is 25.6. The van der Waals surface area contributed by atoms with Crippen LogP contribution in [0.2, 0.25) is 0 Å². The average molecular weight is 711 g/mol. The van der Waals surface area contributed by atoms with E-state index < -0.39 is 0 Å². The van der Waals surface area contributed by atoms with E-state index in [9.17, 15) is 9.90 Å². The van der Waals surface area contributed by atoms with Crippen molar-refractivity contribution in [1.82, 2.24) is 0 Å². The van der Waals surface area contributed by atoms with Gasteiger partial charge < -0.3 is 38.3 Å². The maximum Gasteiger partial charge on any atom is 0.334 e. The highest BCUT2D eigenvalue weighted by Gasteiger charge is 2.41. The fourth-order valence-corrected chi connectivity index (χ4v) is 7.93. The fourth-order valence-electron chi connectivity index (χ4n) is 7.93. The molecule has 3 aliphatic rings. The number of hydrogen-bond acceptors (Lipinski definition) is 9. The second-order valence-electron chi connectivity index (χ2n) is 15.1. The zero-order chi connectivity index (χ0) is 35.8. The first-order valence-corrected chi connectivity index (χ1v) is 20.6. The van der Waals surface area contributed by atoms with Gasteiger partial charge in [0.1, 0.15) is 19.7 Å². The van der Waals surface area contributed by atoms with Gasteiger partial charge >= 0.3 is 5.97 Å². The molecule has 0 spiro atoms. The Kier molecular flexibility index (Phi) is 23.1. The van der Waals surface area contributed by atoms with Crippen LogP contribution in [-0.4, -0.2) is 87.7 Å². The van der Waals surface area contributed by atoms with E-state index in [1.165, 1.54) is 51.4 Å². The minimum atomic E-state index is -0.250. The Morgan fingerprint density at radius 2 is 1.14 bits per heavy atom. The highest BCUT2D eigenvalue weighted by molar-refractivity contribution is 5.90. The number of hydrogen-bond donors (Lipinski definition) is 1. The number of unbranched alkanes of at least 4 members (excludes halogenated alkanes) is 12. The van der Waals surface area contributed by atoms with Crippen LogP contribution in [-0.2, 0) is 38.0 Å². The number of aliphatic hydroxyl groups excluding tert-OH is 1. The van der Waals surface area contributed by atoms with E-state index in [-0.39, 0.29) is 61.6 Å². The molecule has 3 rings (SSSR count). The number of carbonyl (C=O) groups excluding carboxylic acids is 1. The molecule has 9 nitrogen and oxygen atoms in total. The summed E-state index contributed by atoms with van der Waals surface area (Å²) >= 11 is 0. The molecular formula is C41H74O9. The molecule has 3 heterocycles. The van der Waals surface area contributed by atoms with Gasteiger partial charge in [0.15, 0.2) is 0 Å². The highest BCUT2D eigenvalue weighted by Crippen LogP contribution is 2.36. The summed E-state index contributed by atoms with van der Waals surface area (Å²) in [7, 11) is 3.35. The Balaban J connectivity index is 1.28. The van der Waals surface area contributed by atoms with Gasteiger partial charge in [-0.15, -0.1) is 0 Å². The average Bonchev–Trinajstić information content (AvgIpc) is 3.87. The number of methoxy groups -OCH3 is 2. The molecule has 3 aliphatic heterocycles. The Labute approximate surface area is 304 Å². The first-order chi connectivity index (χ1) is 24.4. The Morgan fingerprint density at radius 3 is 1.64 bits per heavy atom. The predicted molar refractivity (Wildman–Crippen MR) is 197 cm³/mol. The number of cyclic esters (lactones) is 1. The Hall–Kier alpha value is -1.07. The van der Waals surface area contributed by atoms with Gasteiger partial charge in [0.05, 0.1) is 42.7 Å². The van der Waals surface area contributed by atoms with Gasteiger partial charge in [-0.1, -0.05) is 96.8 Å². The summed E-state index contributed by atoms with van der Waals surface area (Å²) in [4.78, 5) is 11.7. The van der Waals surface area contributed by atoms with E-state index >= 15 is 0 Å². The van der Waals surface area contributed by atoms with Crippen LogP contribution in [0, 0.1) is 0 Å². The fraction of sp³-hybridized carbons (Fsp3) is 0.927. The number of aliphatic hydroxyl groups is 1. The summed E-state index contributed by atoms with van der Waals surface area (Å²) < 4.78 is 41.2. The second kappa shape index (κ2) is 26.7. The van der Waals surface area contributed by atoms with Crippen molar-refractivity contribution in [2.75, 3.05) is 27.8 Å². The molecule has 0 bridgehead atoms. The third kappa shape index (κ3) is 17.2. The number of rotatable bonds is 31. The van der Waals surface area contributed by atoms with Crippen LogP contribution in [0.4, 0.5) is 0 Å². The molecule has 0 amide bonds. The summed E-state index contributed by atoms with van der Waals surface area (Å²) in [5, 5.41) is 10.6. The quantitative estimate of drug-likeness (QED) is 0.0429. The van der Waals surface area contributed by atoms with Crippen molar-refractivity contribution >= 4 is 5.97 Å². The van der Waals surface area contributed by atoms with Crippen LogP contribution in [0.3, 0.4) is 0 Å². The molecule has 0 saturated carbocycles. The molecule has 0 aromatic heterocycles. The zero-order valence-electron chi connectivity index (χ0n) is 32.3. The smallest absolute Gasteiger partial charge is 0.334 e. The lowest BCUT2D eigenvalue weighted by atomic mass is 9.99. The third-order valence-electron chi connectivity index (χ3n) is 10.8. The van der Waals surface area contributed by atoms with Gasteiger partial charge in [-0.3, -0.25) is 0 Å². The van der Waals surface area contributed by atoms with Crippen molar-refractivity contribution in [3.8, 4) is 0 Å². The summed E-state index contributed by atoms with van der Waals surface area (Å²) in [6.07, 6.45) is 28.2. The molecule has 50 heavy (non-hydrogen) atoms. The lowest BCUT2D eigenvalue weighted by Crippen LogP contribution is -2.35. The van der Waals surface area contributed by atoms with Crippen molar-refractivity contribution in [1.29, 1.82) is 0 Å². The van der Waals surface area contributed by atoms with Gasteiger partial charge in [0.25, 0.3) is 0 Å². The van der Waals surface area contributed by atoms with Crippen molar-refractivity contribution < 1.29 is 43.1 Å². The van der Waals surface area contributed by atoms with Crippen molar-refractivity contribution in [2.24, 2.45) is 0 Å². The maximum absolute atomic E-state index is 11.7. The van der Waals surface area contributed by atoms with Crippen molar-refractivity contribution in [3.05, 3.63) is 11.6 Å². The Morgan fingerprint density at radius 1 is 0.680 bits per heavy atom. The lowest BCUT2D eigenvalue weighted by molar-refractivity contribution is -0.158. The SMILES string of the molecule is CCCCCCCCCC[C@@H](OCOC)[C@H]1CC[C@@H]([C@H]2CC[C@H]([C@@H](CCCC[C@H](O)CCCCCCCC3=C[C@H](C)OC3=O)OCOC)O2)O1. The molecule has 2 saturated heterocycles. The van der Waals surface area contributed by atoms with E-state index in [1.807, 2.05) is 13.0 Å². The zero-order valence-corrected chi connectivity index (χ0v) is 32.3. The van der Waals surface area contributed by atoms with Gasteiger partial charge in [-0.25, -0.2) is 4.79 Å². The van der Waals surface area contributed by atoms with Gasteiger partial charge in [0.2, 0.25) is 0 Å². The van der Waals surface area contributed by atoms with E-state index in [4.69, 9.17) is 33.2 Å². The monoisotopic (exact) mass is 711 g/mol. The highest BCUT2D eigenvalue weighted by atomic mass is 16.7. The molecule has 292 valence electrons. The first kappa shape index (κ1) is 43.3. The first-order valence-electron chi connectivity index (χ1n) is 20.6. The van der Waals surface area contributed by atoms with E-state index in [1.54, 1.807) is 14.2 Å². The predicted octanol–water partition coefficient (Wildman–Crippen LogP) is 9.11. The summed E-state index contributed by atoms with van der Waals surface area (Å²) in [6, 6.07) is 0. The summed E-state index contributed by atoms with van der Waals surface area (Å²) in [5.41, 5.74) is 0.834. The van der Waals surface area contributed by atoms with Gasteiger partial charge in [-0.2, -0.15) is 0 Å². The minimum absolute atomic E-state index is 0.0147. The van der Waals surface area contributed by atoms with Crippen LogP contribution < -0.4 is 0 Å². The molecule has 0 aromatic carbocycles. The standard InChI is InChI=1S/C41H74O9/c1-5-6-7-8-9-10-14-17-23-35(46-30-44-3)37-25-27-39(49-37)40-28-26-38(50-40)36(47-31-45-4)24-19-18-22-34(42)21-16-13-11-12-15-20-33-29-32(2)48-41(33)43/h29,32,34-40,42H,5-28,30-31H2,1-4H3/t32-,34+,35+,36+,37+,38+,39-,40+/m0/s1. The summed E-state index contributed by atoms with van der Waals surface area (Å²) in [5.74, 6) is -0.146. The van der Waals surface area contributed by atoms with Crippen LogP contribution in [0.5, 0.6) is 0 Å². The molecule has 0 aromatic rings. The Bertz CT molecular complexity index is 897. The number of esters is 1. The maximum atomic E-state index is 11.7. The van der Waals surface area contributed by atoms with Crippen LogP contribution in [0.15, 0.2) is 11.6 Å². The topological polar surface area (TPSA) is 102 Å². The van der Waals surface area contributed by atoms with E-state index in [0.29, 0.717) is 6.79 Å². The lowest BCUT2D eigenvalue weighted by Gasteiger charge is -2.27. The van der Waals surface area contributed by atoms with E-state index in [0.717, 1.165) is 108 Å². The molecule has 0 unspecified atom stereocenters. The van der Waals surface area contributed by atoms with Crippen LogP contribution in [0.1, 0.15) is 168 Å². The van der Waals surface area contributed by atoms with Crippen molar-refractivity contribution in [2.45, 2.75) is 217 Å². The number of carbonyl (C=O) groups is 1. The molecule has 1 N–H and O–H groups in total. The third-order valence-corrected chi connectivity index (χ3v) is 10.8.